The van der Waals surface area contributed by atoms with Crippen LogP contribution in [0.4, 0.5) is 5.82 Å². The van der Waals surface area contributed by atoms with Crippen molar-refractivity contribution in [2.24, 2.45) is 7.05 Å². The minimum absolute atomic E-state index is 0.441. The Labute approximate surface area is 107 Å². The van der Waals surface area contributed by atoms with Crippen LogP contribution in [-0.4, -0.2) is 9.78 Å². The van der Waals surface area contributed by atoms with Crippen molar-refractivity contribution in [2.45, 2.75) is 19.8 Å². The van der Waals surface area contributed by atoms with Crippen LogP contribution in [0.25, 0.3) is 0 Å². The van der Waals surface area contributed by atoms with E-state index in [2.05, 4.69) is 42.4 Å². The number of aryl methyl sites for hydroxylation is 4. The monoisotopic (exact) mass is 240 g/mol. The number of nitrogen functional groups attached to an aromatic ring is 1. The van der Waals surface area contributed by atoms with E-state index in [1.165, 1.54) is 11.1 Å². The fourth-order valence-electron chi connectivity index (χ4n) is 1.91. The Balaban J connectivity index is 2.13. The molecule has 4 nitrogen and oxygen atoms in total. The zero-order chi connectivity index (χ0) is 13.1. The number of nitrogens with two attached hydrogens (primary N) is 1. The molecule has 18 heavy (non-hydrogen) atoms. The number of aromatic nitrogens is 2. The Morgan fingerprint density at radius 1 is 1.28 bits per heavy atom. The van der Waals surface area contributed by atoms with Gasteiger partial charge in [0.2, 0.25) is 0 Å². The first-order chi connectivity index (χ1) is 8.61. The summed E-state index contributed by atoms with van der Waals surface area (Å²) >= 11 is 0. The molecule has 4 heteroatoms. The molecule has 1 aromatic heterocycles. The van der Waals surface area contributed by atoms with Crippen LogP contribution in [0.2, 0.25) is 0 Å². The third-order valence-electron chi connectivity index (χ3n) is 3.05. The van der Waals surface area contributed by atoms with E-state index in [4.69, 9.17) is 11.0 Å². The van der Waals surface area contributed by atoms with Gasteiger partial charge in [-0.15, -0.1) is 0 Å². The van der Waals surface area contributed by atoms with Gasteiger partial charge < -0.3 is 5.73 Å². The summed E-state index contributed by atoms with van der Waals surface area (Å²) in [6.07, 6.45) is 1.60. The lowest BCUT2D eigenvalue weighted by molar-refractivity contribution is 0.745. The zero-order valence-electron chi connectivity index (χ0n) is 10.6. The van der Waals surface area contributed by atoms with Crippen molar-refractivity contribution in [1.82, 2.24) is 9.78 Å². The van der Waals surface area contributed by atoms with Crippen molar-refractivity contribution < 1.29 is 0 Å². The topological polar surface area (TPSA) is 67.6 Å². The molecule has 0 fully saturated rings. The first kappa shape index (κ1) is 12.2. The maximum Gasteiger partial charge on any atom is 0.139 e. The molecule has 1 aromatic carbocycles. The Morgan fingerprint density at radius 3 is 2.56 bits per heavy atom. The fourth-order valence-corrected chi connectivity index (χ4v) is 1.91. The summed E-state index contributed by atoms with van der Waals surface area (Å²) in [6.45, 7) is 2.07. The molecule has 1 heterocycles. The van der Waals surface area contributed by atoms with Crippen LogP contribution in [0.15, 0.2) is 24.3 Å². The maximum atomic E-state index is 9.06. The summed E-state index contributed by atoms with van der Waals surface area (Å²) in [4.78, 5) is 0. The number of benzene rings is 1. The summed E-state index contributed by atoms with van der Waals surface area (Å²) in [7, 11) is 1.76. The smallest absolute Gasteiger partial charge is 0.139 e. The van der Waals surface area contributed by atoms with Crippen LogP contribution in [-0.2, 0) is 19.9 Å². The summed E-state index contributed by atoms with van der Waals surface area (Å²) in [6, 6.07) is 10.5. The lowest BCUT2D eigenvalue weighted by atomic mass is 10.0. The highest BCUT2D eigenvalue weighted by Gasteiger charge is 2.12. The highest BCUT2D eigenvalue weighted by atomic mass is 15.3. The predicted molar refractivity (Wildman–Crippen MR) is 70.9 cm³/mol. The van der Waals surface area contributed by atoms with Gasteiger partial charge in [-0.2, -0.15) is 10.4 Å². The first-order valence-electron chi connectivity index (χ1n) is 5.89. The normalized spacial score (nSPS) is 10.3. The minimum Gasteiger partial charge on any atom is -0.383 e. The predicted octanol–water partition coefficient (Wildman–Crippen LogP) is 1.97. The van der Waals surface area contributed by atoms with Gasteiger partial charge in [0, 0.05) is 7.05 Å². The van der Waals surface area contributed by atoms with Crippen LogP contribution in [0, 0.1) is 18.3 Å². The quantitative estimate of drug-likeness (QED) is 0.891. The van der Waals surface area contributed by atoms with E-state index < -0.39 is 0 Å². The molecule has 2 rings (SSSR count). The molecule has 0 atom stereocenters. The lowest BCUT2D eigenvalue weighted by Crippen LogP contribution is -1.98. The van der Waals surface area contributed by atoms with Gasteiger partial charge in [-0.1, -0.05) is 29.8 Å². The van der Waals surface area contributed by atoms with Gasteiger partial charge in [-0.3, -0.25) is 4.68 Å². The van der Waals surface area contributed by atoms with Crippen molar-refractivity contribution in [3.05, 3.63) is 46.6 Å². The van der Waals surface area contributed by atoms with Crippen molar-refractivity contribution in [1.29, 1.82) is 5.26 Å². The van der Waals surface area contributed by atoms with Crippen LogP contribution >= 0.6 is 0 Å². The molecule has 0 unspecified atom stereocenters. The van der Waals surface area contributed by atoms with Crippen LogP contribution in [0.3, 0.4) is 0 Å². The van der Waals surface area contributed by atoms with E-state index in [0.29, 0.717) is 11.4 Å². The highest BCUT2D eigenvalue weighted by molar-refractivity contribution is 5.52. The van der Waals surface area contributed by atoms with Crippen LogP contribution < -0.4 is 5.73 Å². The molecule has 0 bridgehead atoms. The molecule has 0 amide bonds. The SMILES string of the molecule is Cc1ccc(CCc2nn(C)c(N)c2C#N)cc1. The van der Waals surface area contributed by atoms with E-state index in [-0.39, 0.29) is 0 Å². The standard InChI is InChI=1S/C14H16N4/c1-10-3-5-11(6-4-10)7-8-13-12(9-15)14(16)18(2)17-13/h3-6H,7-8,16H2,1-2H3. The van der Waals surface area contributed by atoms with E-state index in [0.717, 1.165) is 18.5 Å². The van der Waals surface area contributed by atoms with Gasteiger partial charge in [-0.25, -0.2) is 0 Å². The molecule has 0 aliphatic carbocycles. The summed E-state index contributed by atoms with van der Waals surface area (Å²) < 4.78 is 1.56. The van der Waals surface area contributed by atoms with Gasteiger partial charge in [0.1, 0.15) is 17.5 Å². The van der Waals surface area contributed by atoms with Crippen LogP contribution in [0.5, 0.6) is 0 Å². The number of nitriles is 1. The van der Waals surface area contributed by atoms with Crippen molar-refractivity contribution >= 4 is 5.82 Å². The van der Waals surface area contributed by atoms with Crippen LogP contribution in [0.1, 0.15) is 22.4 Å². The molecule has 2 N–H and O–H groups in total. The molecule has 0 saturated heterocycles. The Bertz CT molecular complexity index is 587. The second kappa shape index (κ2) is 4.92. The molecular formula is C14H16N4. The first-order valence-corrected chi connectivity index (χ1v) is 5.89. The van der Waals surface area contributed by atoms with E-state index >= 15 is 0 Å². The number of nitrogens with zero attached hydrogens (tertiary/aromatic N) is 3. The second-order valence-electron chi connectivity index (χ2n) is 4.43. The van der Waals surface area contributed by atoms with E-state index in [9.17, 15) is 0 Å². The van der Waals surface area contributed by atoms with Crippen molar-refractivity contribution in [3.63, 3.8) is 0 Å². The van der Waals surface area contributed by atoms with E-state index in [1.54, 1.807) is 11.7 Å². The zero-order valence-corrected chi connectivity index (χ0v) is 10.6. The number of hydrogen-bond donors (Lipinski definition) is 1. The minimum atomic E-state index is 0.441. The molecule has 0 saturated carbocycles. The van der Waals surface area contributed by atoms with Gasteiger partial charge in [0.15, 0.2) is 0 Å². The lowest BCUT2D eigenvalue weighted by Gasteiger charge is -2.00. The largest absolute Gasteiger partial charge is 0.383 e. The average molecular weight is 240 g/mol. The van der Waals surface area contributed by atoms with Crippen molar-refractivity contribution in [2.75, 3.05) is 5.73 Å². The summed E-state index contributed by atoms with van der Waals surface area (Å²) in [5, 5.41) is 13.3. The molecule has 0 aliphatic rings. The van der Waals surface area contributed by atoms with Gasteiger partial charge in [0.25, 0.3) is 0 Å². The molecule has 2 aromatic rings. The third-order valence-corrected chi connectivity index (χ3v) is 3.05. The number of rotatable bonds is 3. The highest BCUT2D eigenvalue weighted by Crippen LogP contribution is 2.16. The van der Waals surface area contributed by atoms with Gasteiger partial charge >= 0.3 is 0 Å². The molecule has 0 radical (unpaired) electrons. The second-order valence-corrected chi connectivity index (χ2v) is 4.43. The molecule has 0 spiro atoms. The fraction of sp³-hybridized carbons (Fsp3) is 0.286. The molecule has 0 aliphatic heterocycles. The maximum absolute atomic E-state index is 9.06. The Morgan fingerprint density at radius 2 is 1.94 bits per heavy atom. The Kier molecular flexibility index (Phi) is 3.33. The molecule has 92 valence electrons. The summed E-state index contributed by atoms with van der Waals surface area (Å²) in [5.41, 5.74) is 9.55. The summed E-state index contributed by atoms with van der Waals surface area (Å²) in [5.74, 6) is 0.441. The van der Waals surface area contributed by atoms with Gasteiger partial charge in [-0.05, 0) is 25.3 Å². The van der Waals surface area contributed by atoms with E-state index in [1.807, 2.05) is 0 Å². The van der Waals surface area contributed by atoms with Gasteiger partial charge in [0.05, 0.1) is 5.69 Å². The Hall–Kier alpha value is -2.28. The third kappa shape index (κ3) is 2.35. The van der Waals surface area contributed by atoms with Crippen molar-refractivity contribution in [3.8, 4) is 6.07 Å². The average Bonchev–Trinajstić information content (AvgIpc) is 2.64. The number of hydrogen-bond acceptors (Lipinski definition) is 3. The number of anilines is 1. The molecular weight excluding hydrogens is 224 g/mol.